The van der Waals surface area contributed by atoms with Crippen molar-refractivity contribution < 1.29 is 9.59 Å². The summed E-state index contributed by atoms with van der Waals surface area (Å²) in [7, 11) is 0. The Labute approximate surface area is 208 Å². The molecule has 3 aliphatic heterocycles. The second-order valence-electron chi connectivity index (χ2n) is 10.9. The SMILES string of the molecule is NC(=O)C1CCN(c2cc(Cl)ccc2C2CCN(C(=O)C3CCN(C4CCCCC4)C3)C2)CC1. The second-order valence-corrected chi connectivity index (χ2v) is 11.3. The topological polar surface area (TPSA) is 69.9 Å². The number of nitrogens with two attached hydrogens (primary N) is 1. The van der Waals surface area contributed by atoms with Gasteiger partial charge in [-0.3, -0.25) is 14.5 Å². The summed E-state index contributed by atoms with van der Waals surface area (Å²) < 4.78 is 0. The quantitative estimate of drug-likeness (QED) is 0.682. The third-order valence-electron chi connectivity index (χ3n) is 8.83. The van der Waals surface area contributed by atoms with E-state index in [4.69, 9.17) is 17.3 Å². The van der Waals surface area contributed by atoms with E-state index in [1.54, 1.807) is 0 Å². The van der Waals surface area contributed by atoms with Gasteiger partial charge in [-0.05, 0) is 62.8 Å². The first-order valence-electron chi connectivity index (χ1n) is 13.4. The van der Waals surface area contributed by atoms with Gasteiger partial charge in [-0.2, -0.15) is 0 Å². The molecular weight excluding hydrogens is 448 g/mol. The van der Waals surface area contributed by atoms with E-state index in [9.17, 15) is 9.59 Å². The highest BCUT2D eigenvalue weighted by atomic mass is 35.5. The Morgan fingerprint density at radius 1 is 0.853 bits per heavy atom. The third kappa shape index (κ3) is 5.08. The van der Waals surface area contributed by atoms with Crippen LogP contribution in [0.1, 0.15) is 69.3 Å². The molecule has 2 atom stereocenters. The molecule has 7 heteroatoms. The van der Waals surface area contributed by atoms with E-state index in [0.717, 1.165) is 70.0 Å². The zero-order valence-electron chi connectivity index (χ0n) is 20.3. The molecule has 0 spiro atoms. The number of primary amides is 1. The van der Waals surface area contributed by atoms with Gasteiger partial charge >= 0.3 is 0 Å². The first kappa shape index (κ1) is 23.9. The van der Waals surface area contributed by atoms with Gasteiger partial charge in [0, 0.05) is 61.3 Å². The van der Waals surface area contributed by atoms with Crippen LogP contribution in [0.3, 0.4) is 0 Å². The number of piperidine rings is 1. The first-order valence-corrected chi connectivity index (χ1v) is 13.7. The van der Waals surface area contributed by atoms with Gasteiger partial charge in [-0.15, -0.1) is 0 Å². The Morgan fingerprint density at radius 2 is 1.59 bits per heavy atom. The molecule has 2 N–H and O–H groups in total. The molecule has 1 aromatic rings. The minimum Gasteiger partial charge on any atom is -0.371 e. The van der Waals surface area contributed by atoms with Crippen molar-refractivity contribution in [1.29, 1.82) is 0 Å². The highest BCUT2D eigenvalue weighted by molar-refractivity contribution is 6.30. The number of rotatable bonds is 5. The smallest absolute Gasteiger partial charge is 0.227 e. The first-order chi connectivity index (χ1) is 16.5. The number of hydrogen-bond donors (Lipinski definition) is 1. The summed E-state index contributed by atoms with van der Waals surface area (Å²) >= 11 is 6.39. The van der Waals surface area contributed by atoms with E-state index in [2.05, 4.69) is 26.8 Å². The summed E-state index contributed by atoms with van der Waals surface area (Å²) in [4.78, 5) is 32.1. The van der Waals surface area contributed by atoms with Gasteiger partial charge < -0.3 is 15.5 Å². The van der Waals surface area contributed by atoms with Crippen LogP contribution in [0.25, 0.3) is 0 Å². The predicted molar refractivity (Wildman–Crippen MR) is 136 cm³/mol. The standard InChI is InChI=1S/C27H39ClN4O2/c28-22-6-7-24(25(16-22)30-12-8-19(9-13-30)26(29)33)20-10-15-32(17-20)27(34)21-11-14-31(18-21)23-4-2-1-3-5-23/h6-7,16,19-21,23H,1-5,8-15,17-18H2,(H2,29,33). The van der Waals surface area contributed by atoms with Gasteiger partial charge in [-0.25, -0.2) is 0 Å². The summed E-state index contributed by atoms with van der Waals surface area (Å²) in [6.45, 7) is 5.30. The normalized spacial score (nSPS) is 27.4. The molecule has 0 bridgehead atoms. The Balaban J connectivity index is 1.22. The summed E-state index contributed by atoms with van der Waals surface area (Å²) in [5, 5.41) is 0.732. The van der Waals surface area contributed by atoms with E-state index in [0.29, 0.717) is 17.9 Å². The third-order valence-corrected chi connectivity index (χ3v) is 9.07. The lowest BCUT2D eigenvalue weighted by Gasteiger charge is -2.34. The van der Waals surface area contributed by atoms with Crippen LogP contribution >= 0.6 is 11.6 Å². The lowest BCUT2D eigenvalue weighted by Crippen LogP contribution is -2.39. The number of halogens is 1. The van der Waals surface area contributed by atoms with E-state index < -0.39 is 0 Å². The lowest BCUT2D eigenvalue weighted by atomic mass is 9.92. The van der Waals surface area contributed by atoms with Crippen molar-refractivity contribution >= 4 is 29.1 Å². The van der Waals surface area contributed by atoms with E-state index in [1.807, 2.05) is 6.07 Å². The molecule has 34 heavy (non-hydrogen) atoms. The molecule has 4 aliphatic rings. The number of hydrogen-bond acceptors (Lipinski definition) is 4. The molecular formula is C27H39ClN4O2. The molecule has 1 aliphatic carbocycles. The van der Waals surface area contributed by atoms with Crippen molar-refractivity contribution in [3.63, 3.8) is 0 Å². The molecule has 3 saturated heterocycles. The van der Waals surface area contributed by atoms with E-state index in [-0.39, 0.29) is 17.7 Å². The molecule has 3 heterocycles. The van der Waals surface area contributed by atoms with Crippen LogP contribution in [0.2, 0.25) is 5.02 Å². The van der Waals surface area contributed by atoms with Crippen molar-refractivity contribution in [3.8, 4) is 0 Å². The van der Waals surface area contributed by atoms with Gasteiger partial charge in [0.1, 0.15) is 0 Å². The Bertz CT molecular complexity index is 895. The van der Waals surface area contributed by atoms with Crippen molar-refractivity contribution in [3.05, 3.63) is 28.8 Å². The Hall–Kier alpha value is -1.79. The van der Waals surface area contributed by atoms with Gasteiger partial charge in [0.2, 0.25) is 11.8 Å². The van der Waals surface area contributed by atoms with Crippen molar-refractivity contribution in [1.82, 2.24) is 9.80 Å². The number of carbonyl (C=O) groups excluding carboxylic acids is 2. The fourth-order valence-corrected chi connectivity index (χ4v) is 6.95. The number of amides is 2. The van der Waals surface area contributed by atoms with Gasteiger partial charge in [0.15, 0.2) is 0 Å². The van der Waals surface area contributed by atoms with Crippen molar-refractivity contribution in [2.45, 2.75) is 69.7 Å². The van der Waals surface area contributed by atoms with Gasteiger partial charge in [-0.1, -0.05) is 36.9 Å². The molecule has 4 fully saturated rings. The van der Waals surface area contributed by atoms with E-state index in [1.165, 1.54) is 43.4 Å². The summed E-state index contributed by atoms with van der Waals surface area (Å²) in [6, 6.07) is 6.88. The number of likely N-dealkylation sites (tertiary alicyclic amines) is 2. The minimum absolute atomic E-state index is 0.0296. The molecule has 2 amide bonds. The average molecular weight is 487 g/mol. The Kier molecular flexibility index (Phi) is 7.35. The molecule has 6 nitrogen and oxygen atoms in total. The van der Waals surface area contributed by atoms with Crippen LogP contribution in [0.15, 0.2) is 18.2 Å². The van der Waals surface area contributed by atoms with Crippen LogP contribution < -0.4 is 10.6 Å². The summed E-state index contributed by atoms with van der Waals surface area (Å²) in [5.74, 6) is 0.640. The molecule has 0 radical (unpaired) electrons. The summed E-state index contributed by atoms with van der Waals surface area (Å²) in [6.07, 6.45) is 10.3. The van der Waals surface area contributed by atoms with Crippen molar-refractivity contribution in [2.75, 3.05) is 44.2 Å². The van der Waals surface area contributed by atoms with Gasteiger partial charge in [0.05, 0.1) is 5.92 Å². The second kappa shape index (κ2) is 10.4. The number of anilines is 1. The average Bonchev–Trinajstić information content (AvgIpc) is 3.55. The van der Waals surface area contributed by atoms with Crippen molar-refractivity contribution in [2.24, 2.45) is 17.6 Å². The molecule has 5 rings (SSSR count). The fraction of sp³-hybridized carbons (Fsp3) is 0.704. The molecule has 186 valence electrons. The van der Waals surface area contributed by atoms with Gasteiger partial charge in [0.25, 0.3) is 0 Å². The maximum absolute atomic E-state index is 13.4. The fourth-order valence-electron chi connectivity index (χ4n) is 6.78. The number of nitrogens with zero attached hydrogens (tertiary/aromatic N) is 3. The van der Waals surface area contributed by atoms with E-state index >= 15 is 0 Å². The lowest BCUT2D eigenvalue weighted by molar-refractivity contribution is -0.134. The van der Waals surface area contributed by atoms with Crippen LogP contribution in [-0.4, -0.2) is 66.9 Å². The zero-order valence-corrected chi connectivity index (χ0v) is 21.0. The highest BCUT2D eigenvalue weighted by Gasteiger charge is 2.38. The van der Waals surface area contributed by atoms with Crippen LogP contribution in [0, 0.1) is 11.8 Å². The van der Waals surface area contributed by atoms with Crippen LogP contribution in [0.5, 0.6) is 0 Å². The zero-order chi connectivity index (χ0) is 23.7. The number of benzene rings is 1. The number of carbonyl (C=O) groups is 2. The van der Waals surface area contributed by atoms with Crippen LogP contribution in [0.4, 0.5) is 5.69 Å². The molecule has 1 saturated carbocycles. The summed E-state index contributed by atoms with van der Waals surface area (Å²) in [5.41, 5.74) is 7.98. The molecule has 1 aromatic carbocycles. The predicted octanol–water partition coefficient (Wildman–Crippen LogP) is 4.01. The Morgan fingerprint density at radius 3 is 2.32 bits per heavy atom. The maximum atomic E-state index is 13.4. The monoisotopic (exact) mass is 486 g/mol. The van der Waals surface area contributed by atoms with Crippen LogP contribution in [-0.2, 0) is 9.59 Å². The maximum Gasteiger partial charge on any atom is 0.227 e. The molecule has 2 unspecified atom stereocenters. The molecule has 0 aromatic heterocycles. The largest absolute Gasteiger partial charge is 0.371 e. The minimum atomic E-state index is -0.190. The highest BCUT2D eigenvalue weighted by Crippen LogP contribution is 2.38.